The maximum Gasteiger partial charge on any atom is 0.394 e. The van der Waals surface area contributed by atoms with E-state index in [0.717, 1.165) is 0 Å². The van der Waals surface area contributed by atoms with Gasteiger partial charge in [0.05, 0.1) is 12.5 Å². The number of aliphatic hydroxyl groups excluding tert-OH is 1. The zero-order chi connectivity index (χ0) is 10.4. The van der Waals surface area contributed by atoms with E-state index in [1.54, 1.807) is 0 Å². The molecule has 0 bridgehead atoms. The first-order valence-corrected chi connectivity index (χ1v) is 4.12. The molecule has 0 heterocycles. The third-order valence-electron chi connectivity index (χ3n) is 0.470. The van der Waals surface area contributed by atoms with Crippen molar-refractivity contribution in [3.63, 3.8) is 0 Å². The van der Waals surface area contributed by atoms with Gasteiger partial charge in [-0.25, -0.2) is 0 Å². The van der Waals surface area contributed by atoms with Crippen molar-refractivity contribution in [3.8, 4) is 0 Å². The summed E-state index contributed by atoms with van der Waals surface area (Å²) in [4.78, 5) is 9.65. The van der Waals surface area contributed by atoms with Gasteiger partial charge in [0.2, 0.25) is 0 Å². The molecule has 0 saturated carbocycles. The van der Waals surface area contributed by atoms with Crippen molar-refractivity contribution >= 4 is 16.4 Å². The van der Waals surface area contributed by atoms with Gasteiger partial charge in [-0.2, -0.15) is 8.42 Å². The zero-order valence-electron chi connectivity index (χ0n) is 6.21. The Bertz CT molecular complexity index is 208. The first-order valence-electron chi connectivity index (χ1n) is 2.72. The van der Waals surface area contributed by atoms with E-state index in [9.17, 15) is 4.79 Å². The maximum atomic E-state index is 9.65. The van der Waals surface area contributed by atoms with Crippen LogP contribution in [0.1, 0.15) is 13.3 Å². The van der Waals surface area contributed by atoms with E-state index in [1.807, 2.05) is 0 Å². The molecular formula is C4H10O7S. The summed E-state index contributed by atoms with van der Waals surface area (Å²) in [6.07, 6.45) is -0.891. The van der Waals surface area contributed by atoms with Crippen LogP contribution >= 0.6 is 0 Å². The second kappa shape index (κ2) is 5.89. The highest BCUT2D eigenvalue weighted by molar-refractivity contribution is 7.79. The molecule has 12 heavy (non-hydrogen) atoms. The summed E-state index contributed by atoms with van der Waals surface area (Å²) in [7, 11) is -4.67. The lowest BCUT2D eigenvalue weighted by Crippen LogP contribution is -2.07. The van der Waals surface area contributed by atoms with Crippen LogP contribution in [0, 0.1) is 0 Å². The van der Waals surface area contributed by atoms with Crippen molar-refractivity contribution in [2.75, 3.05) is 0 Å². The summed E-state index contributed by atoms with van der Waals surface area (Å²) in [5.41, 5.74) is 0. The third kappa shape index (κ3) is 58.8. The van der Waals surface area contributed by atoms with E-state index in [-0.39, 0.29) is 6.42 Å². The Kier molecular flexibility index (Phi) is 6.80. The van der Waals surface area contributed by atoms with Crippen molar-refractivity contribution < 1.29 is 32.5 Å². The van der Waals surface area contributed by atoms with E-state index in [4.69, 9.17) is 27.7 Å². The van der Waals surface area contributed by atoms with Crippen molar-refractivity contribution in [1.82, 2.24) is 0 Å². The van der Waals surface area contributed by atoms with Crippen LogP contribution in [0.25, 0.3) is 0 Å². The molecule has 0 aliphatic carbocycles. The van der Waals surface area contributed by atoms with Crippen molar-refractivity contribution in [2.45, 2.75) is 19.4 Å². The summed E-state index contributed by atoms with van der Waals surface area (Å²) in [6.45, 7) is 1.44. The number of hydrogen-bond donors (Lipinski definition) is 4. The molecule has 0 rings (SSSR count). The van der Waals surface area contributed by atoms with Crippen LogP contribution in [0.4, 0.5) is 0 Å². The third-order valence-corrected chi connectivity index (χ3v) is 0.470. The Morgan fingerprint density at radius 1 is 1.42 bits per heavy atom. The monoisotopic (exact) mass is 202 g/mol. The van der Waals surface area contributed by atoms with Gasteiger partial charge in [0.15, 0.2) is 0 Å². The molecule has 0 aromatic heterocycles. The first-order chi connectivity index (χ1) is 5.13. The van der Waals surface area contributed by atoms with E-state index in [2.05, 4.69) is 0 Å². The molecule has 0 unspecified atom stereocenters. The molecule has 0 amide bonds. The number of aliphatic carboxylic acids is 1. The van der Waals surface area contributed by atoms with Crippen LogP contribution in [0.15, 0.2) is 0 Å². The molecule has 0 aromatic rings. The molecule has 0 radical (unpaired) electrons. The summed E-state index contributed by atoms with van der Waals surface area (Å²) >= 11 is 0. The quantitative estimate of drug-likeness (QED) is 0.430. The number of aliphatic hydroxyl groups is 1. The number of carboxylic acids is 1. The molecule has 0 spiro atoms. The SMILES string of the molecule is C[C@@H](O)CC(=O)O.O=S(=O)(O)O. The minimum absolute atomic E-state index is 0.167. The molecule has 0 aromatic carbocycles. The fraction of sp³-hybridized carbons (Fsp3) is 0.750. The van der Waals surface area contributed by atoms with E-state index >= 15 is 0 Å². The van der Waals surface area contributed by atoms with E-state index in [1.165, 1.54) is 6.92 Å². The topological polar surface area (TPSA) is 132 Å². The highest BCUT2D eigenvalue weighted by Gasteiger charge is 2.00. The van der Waals surface area contributed by atoms with Crippen molar-refractivity contribution in [1.29, 1.82) is 0 Å². The molecule has 0 aliphatic heterocycles. The Morgan fingerprint density at radius 2 is 1.67 bits per heavy atom. The van der Waals surface area contributed by atoms with Gasteiger partial charge < -0.3 is 10.2 Å². The standard InChI is InChI=1S/C4H8O3.H2O4S/c1-3(5)2-4(6)7;1-5(2,3)4/h3,5H,2H2,1H3,(H,6,7);(H2,1,2,3,4)/t3-;/m1./s1. The summed E-state index contributed by atoms with van der Waals surface area (Å²) in [5, 5.41) is 16.3. The minimum atomic E-state index is -4.67. The molecular weight excluding hydrogens is 192 g/mol. The molecule has 4 N–H and O–H groups in total. The fourth-order valence-corrected chi connectivity index (χ4v) is 0.253. The average molecular weight is 202 g/mol. The minimum Gasteiger partial charge on any atom is -0.481 e. The van der Waals surface area contributed by atoms with Gasteiger partial charge in [-0.05, 0) is 6.92 Å². The summed E-state index contributed by atoms with van der Waals surface area (Å²) in [6, 6.07) is 0. The Balaban J connectivity index is 0. The number of rotatable bonds is 2. The predicted octanol–water partition coefficient (Wildman–Crippen LogP) is -0.811. The van der Waals surface area contributed by atoms with Crippen LogP contribution in [0.3, 0.4) is 0 Å². The highest BCUT2D eigenvalue weighted by atomic mass is 32.3. The number of hydrogen-bond acceptors (Lipinski definition) is 4. The van der Waals surface area contributed by atoms with Gasteiger partial charge in [0, 0.05) is 0 Å². The zero-order valence-corrected chi connectivity index (χ0v) is 7.02. The van der Waals surface area contributed by atoms with Crippen molar-refractivity contribution in [2.24, 2.45) is 0 Å². The molecule has 0 fully saturated rings. The van der Waals surface area contributed by atoms with Crippen LogP contribution in [-0.2, 0) is 15.2 Å². The van der Waals surface area contributed by atoms with Gasteiger partial charge in [-0.3, -0.25) is 13.9 Å². The molecule has 8 heteroatoms. The molecule has 0 saturated heterocycles. The van der Waals surface area contributed by atoms with Crippen molar-refractivity contribution in [3.05, 3.63) is 0 Å². The van der Waals surface area contributed by atoms with Crippen LogP contribution in [-0.4, -0.2) is 39.8 Å². The summed E-state index contributed by atoms with van der Waals surface area (Å²) in [5.74, 6) is -0.963. The Morgan fingerprint density at radius 3 is 1.67 bits per heavy atom. The lowest BCUT2D eigenvalue weighted by Gasteiger charge is -1.94. The van der Waals surface area contributed by atoms with Crippen LogP contribution in [0.5, 0.6) is 0 Å². The number of carboxylic acid groups (broad SMARTS) is 1. The van der Waals surface area contributed by atoms with E-state index < -0.39 is 22.5 Å². The second-order valence-electron chi connectivity index (χ2n) is 1.89. The number of carbonyl (C=O) groups is 1. The van der Waals surface area contributed by atoms with Crippen LogP contribution in [0.2, 0.25) is 0 Å². The van der Waals surface area contributed by atoms with Gasteiger partial charge in [0.1, 0.15) is 0 Å². The lowest BCUT2D eigenvalue weighted by molar-refractivity contribution is -0.138. The Labute approximate surface area is 69.2 Å². The lowest BCUT2D eigenvalue weighted by atomic mass is 10.3. The largest absolute Gasteiger partial charge is 0.481 e. The fourth-order valence-electron chi connectivity index (χ4n) is 0.253. The normalized spacial score (nSPS) is 12.7. The van der Waals surface area contributed by atoms with Gasteiger partial charge in [-0.15, -0.1) is 0 Å². The van der Waals surface area contributed by atoms with E-state index in [0.29, 0.717) is 0 Å². The molecule has 74 valence electrons. The second-order valence-corrected chi connectivity index (χ2v) is 2.79. The predicted molar refractivity (Wildman–Crippen MR) is 38.1 cm³/mol. The Hall–Kier alpha value is -0.700. The van der Waals surface area contributed by atoms with Gasteiger partial charge in [0.25, 0.3) is 0 Å². The highest BCUT2D eigenvalue weighted by Crippen LogP contribution is 1.85. The van der Waals surface area contributed by atoms with Gasteiger partial charge >= 0.3 is 16.4 Å². The maximum absolute atomic E-state index is 9.65. The first kappa shape index (κ1) is 13.9. The van der Waals surface area contributed by atoms with Crippen LogP contribution < -0.4 is 0 Å². The molecule has 1 atom stereocenters. The average Bonchev–Trinajstić information content (AvgIpc) is 1.52. The molecule has 7 nitrogen and oxygen atoms in total. The summed E-state index contributed by atoms with van der Waals surface area (Å²) < 4.78 is 31.6. The molecule has 0 aliphatic rings. The smallest absolute Gasteiger partial charge is 0.394 e. The van der Waals surface area contributed by atoms with Gasteiger partial charge in [-0.1, -0.05) is 0 Å².